The van der Waals surface area contributed by atoms with Gasteiger partial charge < -0.3 is 10.6 Å². The van der Waals surface area contributed by atoms with E-state index in [0.29, 0.717) is 17.4 Å². The van der Waals surface area contributed by atoms with Gasteiger partial charge in [0.2, 0.25) is 0 Å². The predicted molar refractivity (Wildman–Crippen MR) is 82.6 cm³/mol. The number of nitrogens with zero attached hydrogens (tertiary/aromatic N) is 2. The van der Waals surface area contributed by atoms with Gasteiger partial charge in [0, 0.05) is 18.5 Å². The number of halogens is 1. The third-order valence-corrected chi connectivity index (χ3v) is 3.52. The van der Waals surface area contributed by atoms with E-state index in [-0.39, 0.29) is 5.82 Å². The second kappa shape index (κ2) is 5.68. The van der Waals surface area contributed by atoms with E-state index in [0.717, 1.165) is 36.6 Å². The molecule has 1 aliphatic carbocycles. The molecule has 0 atom stereocenters. The minimum atomic E-state index is -0.272. The summed E-state index contributed by atoms with van der Waals surface area (Å²) in [6.45, 7) is 4.69. The first-order valence-electron chi connectivity index (χ1n) is 7.32. The number of nitrogens with one attached hydrogen (secondary N) is 2. The molecule has 21 heavy (non-hydrogen) atoms. The van der Waals surface area contributed by atoms with Crippen molar-refractivity contribution in [1.29, 1.82) is 0 Å². The summed E-state index contributed by atoms with van der Waals surface area (Å²) < 4.78 is 13.9. The van der Waals surface area contributed by atoms with Crippen LogP contribution in [-0.4, -0.2) is 16.5 Å². The van der Waals surface area contributed by atoms with Gasteiger partial charge in [-0.05, 0) is 38.3 Å². The quantitative estimate of drug-likeness (QED) is 0.873. The van der Waals surface area contributed by atoms with Crippen molar-refractivity contribution in [2.75, 3.05) is 17.2 Å². The molecule has 1 saturated carbocycles. The molecule has 2 aromatic rings. The lowest BCUT2D eigenvalue weighted by molar-refractivity contribution is 0.630. The van der Waals surface area contributed by atoms with Crippen LogP contribution in [0.2, 0.25) is 0 Å². The van der Waals surface area contributed by atoms with Gasteiger partial charge >= 0.3 is 0 Å². The first-order chi connectivity index (χ1) is 10.2. The van der Waals surface area contributed by atoms with Crippen LogP contribution in [0, 0.1) is 12.7 Å². The van der Waals surface area contributed by atoms with Crippen LogP contribution >= 0.6 is 0 Å². The maximum Gasteiger partial charge on any atom is 0.146 e. The number of hydrogen-bond donors (Lipinski definition) is 2. The lowest BCUT2D eigenvalue weighted by Crippen LogP contribution is -2.06. The Morgan fingerprint density at radius 2 is 2.00 bits per heavy atom. The van der Waals surface area contributed by atoms with Gasteiger partial charge in [-0.3, -0.25) is 0 Å². The Bertz CT molecular complexity index is 632. The number of para-hydroxylation sites is 1. The molecule has 1 aliphatic rings. The molecule has 1 fully saturated rings. The van der Waals surface area contributed by atoms with Crippen LogP contribution in [0.3, 0.4) is 0 Å². The van der Waals surface area contributed by atoms with Crippen LogP contribution in [0.5, 0.6) is 0 Å². The molecule has 0 saturated heterocycles. The van der Waals surface area contributed by atoms with E-state index in [2.05, 4.69) is 20.6 Å². The van der Waals surface area contributed by atoms with Crippen LogP contribution in [0.15, 0.2) is 24.3 Å². The average Bonchev–Trinajstić information content (AvgIpc) is 3.28. The Morgan fingerprint density at radius 1 is 1.24 bits per heavy atom. The van der Waals surface area contributed by atoms with Crippen molar-refractivity contribution in [1.82, 2.24) is 9.97 Å². The highest BCUT2D eigenvalue weighted by Gasteiger charge is 2.27. The summed E-state index contributed by atoms with van der Waals surface area (Å²) in [6, 6.07) is 6.85. The van der Waals surface area contributed by atoms with E-state index >= 15 is 0 Å². The molecule has 1 aromatic carbocycles. The minimum absolute atomic E-state index is 0.272. The van der Waals surface area contributed by atoms with Crippen molar-refractivity contribution >= 4 is 17.3 Å². The number of anilines is 3. The van der Waals surface area contributed by atoms with Gasteiger partial charge in [-0.2, -0.15) is 0 Å². The average molecular weight is 286 g/mol. The van der Waals surface area contributed by atoms with E-state index in [9.17, 15) is 4.39 Å². The summed E-state index contributed by atoms with van der Waals surface area (Å²) >= 11 is 0. The lowest BCUT2D eigenvalue weighted by atomic mass is 10.2. The maximum atomic E-state index is 13.9. The fourth-order valence-corrected chi connectivity index (χ4v) is 2.24. The molecule has 110 valence electrons. The molecule has 1 aromatic heterocycles. The normalized spacial score (nSPS) is 14.0. The van der Waals surface area contributed by atoms with Gasteiger partial charge in [0.15, 0.2) is 0 Å². The van der Waals surface area contributed by atoms with E-state index in [1.807, 2.05) is 26.0 Å². The summed E-state index contributed by atoms with van der Waals surface area (Å²) in [6.07, 6.45) is 2.27. The smallest absolute Gasteiger partial charge is 0.146 e. The highest BCUT2D eigenvalue weighted by atomic mass is 19.1. The van der Waals surface area contributed by atoms with Crippen molar-refractivity contribution in [3.05, 3.63) is 41.5 Å². The number of aryl methyl sites for hydroxylation is 1. The van der Waals surface area contributed by atoms with Gasteiger partial charge in [-0.1, -0.05) is 12.1 Å². The van der Waals surface area contributed by atoms with Crippen LogP contribution in [0.4, 0.5) is 21.7 Å². The zero-order valence-corrected chi connectivity index (χ0v) is 12.3. The molecule has 3 rings (SSSR count). The van der Waals surface area contributed by atoms with Crippen LogP contribution in [0.25, 0.3) is 0 Å². The Hall–Kier alpha value is -2.17. The summed E-state index contributed by atoms with van der Waals surface area (Å²) in [4.78, 5) is 9.04. The molecule has 0 unspecified atom stereocenters. The first kappa shape index (κ1) is 13.8. The Labute approximate surface area is 123 Å². The van der Waals surface area contributed by atoms with Crippen molar-refractivity contribution in [3.8, 4) is 0 Å². The Kier molecular flexibility index (Phi) is 3.73. The molecule has 0 bridgehead atoms. The summed E-state index contributed by atoms with van der Waals surface area (Å²) in [5.41, 5.74) is 1.33. The molecular formula is C16H19FN4. The Balaban J connectivity index is 1.93. The van der Waals surface area contributed by atoms with Crippen molar-refractivity contribution in [2.45, 2.75) is 32.6 Å². The van der Waals surface area contributed by atoms with E-state index in [4.69, 9.17) is 0 Å². The summed E-state index contributed by atoms with van der Waals surface area (Å²) in [5.74, 6) is 2.43. The molecule has 0 amide bonds. The van der Waals surface area contributed by atoms with Gasteiger partial charge in [-0.25, -0.2) is 14.4 Å². The molecule has 2 N–H and O–H groups in total. The van der Waals surface area contributed by atoms with Gasteiger partial charge in [0.05, 0.1) is 5.69 Å². The van der Waals surface area contributed by atoms with Gasteiger partial charge in [-0.15, -0.1) is 0 Å². The topological polar surface area (TPSA) is 49.8 Å². The predicted octanol–water partition coefficient (Wildman–Crippen LogP) is 3.98. The lowest BCUT2D eigenvalue weighted by Gasteiger charge is -2.12. The van der Waals surface area contributed by atoms with E-state index < -0.39 is 0 Å². The SMILES string of the molecule is CCNc1cc(Nc2c(C)cccc2F)nc(C2CC2)n1. The fourth-order valence-electron chi connectivity index (χ4n) is 2.24. The molecule has 5 heteroatoms. The van der Waals surface area contributed by atoms with Crippen molar-refractivity contribution in [3.63, 3.8) is 0 Å². The van der Waals surface area contributed by atoms with Gasteiger partial charge in [0.25, 0.3) is 0 Å². The third kappa shape index (κ3) is 3.12. The number of benzene rings is 1. The molecule has 1 heterocycles. The largest absolute Gasteiger partial charge is 0.370 e. The highest BCUT2D eigenvalue weighted by Crippen LogP contribution is 2.39. The van der Waals surface area contributed by atoms with Crippen LogP contribution in [-0.2, 0) is 0 Å². The summed E-state index contributed by atoms with van der Waals surface area (Å²) in [5, 5.41) is 6.30. The van der Waals surface area contributed by atoms with Gasteiger partial charge in [0.1, 0.15) is 23.3 Å². The van der Waals surface area contributed by atoms with Crippen molar-refractivity contribution < 1.29 is 4.39 Å². The molecule has 0 radical (unpaired) electrons. The third-order valence-electron chi connectivity index (χ3n) is 3.52. The second-order valence-corrected chi connectivity index (χ2v) is 5.36. The summed E-state index contributed by atoms with van der Waals surface area (Å²) in [7, 11) is 0. The number of hydrogen-bond acceptors (Lipinski definition) is 4. The zero-order valence-electron chi connectivity index (χ0n) is 12.3. The molecular weight excluding hydrogens is 267 g/mol. The van der Waals surface area contributed by atoms with Crippen LogP contribution < -0.4 is 10.6 Å². The number of aromatic nitrogens is 2. The van der Waals surface area contributed by atoms with Crippen LogP contribution in [0.1, 0.15) is 37.1 Å². The zero-order chi connectivity index (χ0) is 14.8. The Morgan fingerprint density at radius 3 is 2.67 bits per heavy atom. The molecule has 0 aliphatic heterocycles. The molecule has 0 spiro atoms. The maximum absolute atomic E-state index is 13.9. The van der Waals surface area contributed by atoms with E-state index in [1.165, 1.54) is 6.07 Å². The fraction of sp³-hybridized carbons (Fsp3) is 0.375. The highest BCUT2D eigenvalue weighted by molar-refractivity contribution is 5.63. The second-order valence-electron chi connectivity index (χ2n) is 5.36. The van der Waals surface area contributed by atoms with Crippen molar-refractivity contribution in [2.24, 2.45) is 0 Å². The minimum Gasteiger partial charge on any atom is -0.370 e. The standard InChI is InChI=1S/C16H19FN4/c1-3-18-13-9-14(21-16(20-13)11-7-8-11)19-15-10(2)5-4-6-12(15)17/h4-6,9,11H,3,7-8H2,1-2H3,(H2,18,19,20,21). The first-order valence-corrected chi connectivity index (χ1v) is 7.32. The monoisotopic (exact) mass is 286 g/mol. The molecule has 4 nitrogen and oxygen atoms in total. The van der Waals surface area contributed by atoms with E-state index in [1.54, 1.807) is 6.07 Å². The number of rotatable bonds is 5.